The van der Waals surface area contributed by atoms with Crippen LogP contribution in [0, 0.1) is 6.92 Å². The first kappa shape index (κ1) is 22.8. The van der Waals surface area contributed by atoms with Crippen molar-refractivity contribution in [2.24, 2.45) is 0 Å². The monoisotopic (exact) mass is 456 g/mol. The first-order valence-electron chi connectivity index (χ1n) is 12.5. The first-order chi connectivity index (χ1) is 15.8. The molecule has 6 nitrogen and oxygen atoms in total. The molecule has 0 amide bonds. The highest BCUT2D eigenvalue weighted by molar-refractivity contribution is 5.48. The lowest BCUT2D eigenvalue weighted by Crippen LogP contribution is -2.71. The zero-order chi connectivity index (χ0) is 23.2. The zero-order valence-electron chi connectivity index (χ0n) is 19.9. The Morgan fingerprint density at radius 3 is 2.73 bits per heavy atom. The van der Waals surface area contributed by atoms with E-state index in [0.717, 1.165) is 56.7 Å². The number of halogens is 1. The lowest BCUT2D eigenvalue weighted by atomic mass is 9.52. The molecule has 2 bridgehead atoms. The van der Waals surface area contributed by atoms with Crippen LogP contribution in [0.4, 0.5) is 4.39 Å². The molecule has 0 radical (unpaired) electrons. The fourth-order valence-corrected chi connectivity index (χ4v) is 6.72. The summed E-state index contributed by atoms with van der Waals surface area (Å²) in [4.78, 5) is 4.65. The van der Waals surface area contributed by atoms with Gasteiger partial charge in [-0.05, 0) is 80.9 Å². The molecule has 7 heteroatoms. The standard InChI is InChI=1S/C26H37FN4O2/c1-3-21(27)18-30-11-7-25-6-9-29(12-13-31-17-19(2)16-28-31)10-8-26(25,33)24(30)14-20-4-5-22(32)15-23(20)25/h4-5,15-17,21,24,32-33H,3,6-14,18H2,1-2H3/t21-,24?,25?,26?/m0/s1. The molecule has 2 saturated heterocycles. The van der Waals surface area contributed by atoms with Gasteiger partial charge >= 0.3 is 0 Å². The molecule has 33 heavy (non-hydrogen) atoms. The normalized spacial score (nSPS) is 31.0. The number of aromatic nitrogens is 2. The largest absolute Gasteiger partial charge is 0.508 e. The van der Waals surface area contributed by atoms with Crippen LogP contribution >= 0.6 is 0 Å². The molecule has 180 valence electrons. The Balaban J connectivity index is 1.45. The second-order valence-electron chi connectivity index (χ2n) is 10.4. The lowest BCUT2D eigenvalue weighted by Gasteiger charge is -2.61. The van der Waals surface area contributed by atoms with E-state index in [1.807, 2.05) is 36.9 Å². The van der Waals surface area contributed by atoms with Gasteiger partial charge in [-0.15, -0.1) is 0 Å². The molecule has 0 saturated carbocycles. The first-order valence-corrected chi connectivity index (χ1v) is 12.5. The third-order valence-corrected chi connectivity index (χ3v) is 8.62. The van der Waals surface area contributed by atoms with Gasteiger partial charge in [0.15, 0.2) is 0 Å². The van der Waals surface area contributed by atoms with Gasteiger partial charge in [0.05, 0.1) is 18.3 Å². The van der Waals surface area contributed by atoms with Crippen molar-refractivity contribution in [3.05, 3.63) is 47.3 Å². The van der Waals surface area contributed by atoms with E-state index in [1.165, 1.54) is 5.56 Å². The predicted molar refractivity (Wildman–Crippen MR) is 126 cm³/mol. The molecule has 5 rings (SSSR count). The van der Waals surface area contributed by atoms with E-state index in [2.05, 4.69) is 21.1 Å². The van der Waals surface area contributed by atoms with Crippen LogP contribution in [0.1, 0.15) is 49.3 Å². The third-order valence-electron chi connectivity index (χ3n) is 8.62. The Kier molecular flexibility index (Phi) is 6.00. The van der Waals surface area contributed by atoms with E-state index in [0.29, 0.717) is 25.8 Å². The van der Waals surface area contributed by atoms with E-state index >= 15 is 0 Å². The second kappa shape index (κ2) is 8.67. The molecule has 3 aliphatic rings. The molecule has 2 fully saturated rings. The van der Waals surface area contributed by atoms with Crippen LogP contribution in [0.15, 0.2) is 30.6 Å². The summed E-state index contributed by atoms with van der Waals surface area (Å²) >= 11 is 0. The molecule has 1 aliphatic carbocycles. The lowest BCUT2D eigenvalue weighted by molar-refractivity contribution is -0.151. The van der Waals surface area contributed by atoms with Gasteiger partial charge in [-0.3, -0.25) is 9.58 Å². The third kappa shape index (κ3) is 3.88. The summed E-state index contributed by atoms with van der Waals surface area (Å²) in [6, 6.07) is 5.55. The fraction of sp³-hybridized carbons (Fsp3) is 0.654. The molecule has 3 unspecified atom stereocenters. The number of fused-ring (bicyclic) bond motifs is 1. The van der Waals surface area contributed by atoms with Crippen molar-refractivity contribution >= 4 is 0 Å². The predicted octanol–water partition coefficient (Wildman–Crippen LogP) is 3.04. The van der Waals surface area contributed by atoms with E-state index in [9.17, 15) is 14.6 Å². The van der Waals surface area contributed by atoms with Crippen molar-refractivity contribution in [2.45, 2.75) is 75.7 Å². The van der Waals surface area contributed by atoms with Crippen LogP contribution in [0.3, 0.4) is 0 Å². The number of rotatable bonds is 6. The maximum Gasteiger partial charge on any atom is 0.115 e. The molecule has 4 atom stereocenters. The molecule has 2 aromatic rings. The SMILES string of the molecule is CC[C@H](F)CN1CCC23CCN(CCn4cc(C)cn4)CCC2(O)C1Cc1ccc(O)cc13. The van der Waals surface area contributed by atoms with Gasteiger partial charge in [-0.2, -0.15) is 5.10 Å². The summed E-state index contributed by atoms with van der Waals surface area (Å²) in [5, 5.41) is 27.2. The van der Waals surface area contributed by atoms with Crippen LogP contribution in [-0.4, -0.2) is 80.3 Å². The van der Waals surface area contributed by atoms with Crippen LogP contribution in [0.25, 0.3) is 0 Å². The Labute approximate surface area is 196 Å². The van der Waals surface area contributed by atoms with Gasteiger partial charge in [0, 0.05) is 37.3 Å². The van der Waals surface area contributed by atoms with E-state index in [4.69, 9.17) is 0 Å². The Morgan fingerprint density at radius 2 is 1.97 bits per heavy atom. The molecule has 2 aliphatic heterocycles. The summed E-state index contributed by atoms with van der Waals surface area (Å²) in [5.41, 5.74) is 2.12. The summed E-state index contributed by atoms with van der Waals surface area (Å²) in [6.07, 6.45) is 6.57. The quantitative estimate of drug-likeness (QED) is 0.700. The highest BCUT2D eigenvalue weighted by Crippen LogP contribution is 2.56. The van der Waals surface area contributed by atoms with Gasteiger partial charge in [-0.1, -0.05) is 13.0 Å². The topological polar surface area (TPSA) is 64.8 Å². The van der Waals surface area contributed by atoms with Crippen LogP contribution < -0.4 is 0 Å². The van der Waals surface area contributed by atoms with E-state index in [1.54, 1.807) is 6.07 Å². The number of nitrogens with zero attached hydrogens (tertiary/aromatic N) is 4. The summed E-state index contributed by atoms with van der Waals surface area (Å²) in [7, 11) is 0. The van der Waals surface area contributed by atoms with Gasteiger partial charge in [0.2, 0.25) is 0 Å². The minimum absolute atomic E-state index is 0.0955. The molecule has 2 N–H and O–H groups in total. The number of aliphatic hydroxyl groups is 1. The van der Waals surface area contributed by atoms with Crippen molar-refractivity contribution in [2.75, 3.05) is 32.7 Å². The number of hydrogen-bond donors (Lipinski definition) is 2. The number of aromatic hydroxyl groups is 1. The average Bonchev–Trinajstić information content (AvgIpc) is 3.14. The molecule has 3 heterocycles. The zero-order valence-corrected chi connectivity index (χ0v) is 19.9. The number of alkyl halides is 1. The maximum atomic E-state index is 14.5. The number of phenols is 1. The minimum Gasteiger partial charge on any atom is -0.508 e. The van der Waals surface area contributed by atoms with Crippen molar-refractivity contribution in [1.29, 1.82) is 0 Å². The second-order valence-corrected chi connectivity index (χ2v) is 10.4. The highest BCUT2D eigenvalue weighted by Gasteiger charge is 2.63. The van der Waals surface area contributed by atoms with Gasteiger partial charge in [0.1, 0.15) is 11.9 Å². The maximum absolute atomic E-state index is 14.5. The van der Waals surface area contributed by atoms with Crippen molar-refractivity contribution in [3.8, 4) is 5.75 Å². The molecular formula is C26H37FN4O2. The Morgan fingerprint density at radius 1 is 1.18 bits per heavy atom. The molecular weight excluding hydrogens is 419 g/mol. The number of likely N-dealkylation sites (tertiary alicyclic amines) is 2. The van der Waals surface area contributed by atoms with Gasteiger partial charge in [0.25, 0.3) is 0 Å². The molecule has 0 spiro atoms. The van der Waals surface area contributed by atoms with Gasteiger partial charge in [-0.25, -0.2) is 4.39 Å². The minimum atomic E-state index is -0.934. The number of phenolic OH excluding ortho intramolecular Hbond substituents is 1. The van der Waals surface area contributed by atoms with Crippen molar-refractivity contribution in [3.63, 3.8) is 0 Å². The van der Waals surface area contributed by atoms with Crippen LogP contribution in [0.2, 0.25) is 0 Å². The Bertz CT molecular complexity index is 996. The number of piperidine rings is 1. The van der Waals surface area contributed by atoms with E-state index < -0.39 is 17.2 Å². The van der Waals surface area contributed by atoms with Gasteiger partial charge < -0.3 is 15.1 Å². The fourth-order valence-electron chi connectivity index (χ4n) is 6.72. The van der Waals surface area contributed by atoms with Crippen molar-refractivity contribution in [1.82, 2.24) is 19.6 Å². The van der Waals surface area contributed by atoms with Crippen LogP contribution in [-0.2, 0) is 18.4 Å². The summed E-state index contributed by atoms with van der Waals surface area (Å²) in [6.45, 7) is 8.52. The molecule has 1 aromatic heterocycles. The summed E-state index contributed by atoms with van der Waals surface area (Å²) in [5.74, 6) is 0.260. The molecule has 1 aromatic carbocycles. The number of benzene rings is 1. The number of hydrogen-bond acceptors (Lipinski definition) is 5. The average molecular weight is 457 g/mol. The highest BCUT2D eigenvalue weighted by atomic mass is 19.1. The Hall–Kier alpha value is -1.96. The summed E-state index contributed by atoms with van der Waals surface area (Å²) < 4.78 is 16.5. The van der Waals surface area contributed by atoms with Crippen molar-refractivity contribution < 1.29 is 14.6 Å². The number of aryl methyl sites for hydroxylation is 1. The van der Waals surface area contributed by atoms with Crippen LogP contribution in [0.5, 0.6) is 5.75 Å². The smallest absolute Gasteiger partial charge is 0.115 e. The van der Waals surface area contributed by atoms with E-state index in [-0.39, 0.29) is 11.8 Å².